The standard InChI is InChI=1S/C17H24N2O2/c1-11(2)6-15-8-16(21-18-15)17(20)19-9-13-5-4-12(3)7-14(13)10-19/h4,8,11,13-14H,5-7,9-10H2,1-3H3/t13-,14+/m0/s1. The molecule has 1 fully saturated rings. The van der Waals surface area contributed by atoms with Gasteiger partial charge < -0.3 is 9.42 Å². The molecule has 0 spiro atoms. The van der Waals surface area contributed by atoms with Gasteiger partial charge in [-0.25, -0.2) is 0 Å². The number of hydrogen-bond donors (Lipinski definition) is 0. The summed E-state index contributed by atoms with van der Waals surface area (Å²) in [7, 11) is 0. The monoisotopic (exact) mass is 288 g/mol. The van der Waals surface area contributed by atoms with Gasteiger partial charge in [-0.3, -0.25) is 4.79 Å². The van der Waals surface area contributed by atoms with E-state index in [-0.39, 0.29) is 5.91 Å². The molecule has 1 aromatic rings. The highest BCUT2D eigenvalue weighted by Gasteiger charge is 2.37. The first-order valence-corrected chi connectivity index (χ1v) is 7.93. The summed E-state index contributed by atoms with van der Waals surface area (Å²) < 4.78 is 5.26. The molecule has 0 N–H and O–H groups in total. The Labute approximate surface area is 126 Å². The number of hydrogen-bond acceptors (Lipinski definition) is 3. The number of nitrogens with zero attached hydrogens (tertiary/aromatic N) is 2. The molecule has 0 unspecified atom stereocenters. The van der Waals surface area contributed by atoms with Crippen molar-refractivity contribution < 1.29 is 9.32 Å². The maximum absolute atomic E-state index is 12.5. The summed E-state index contributed by atoms with van der Waals surface area (Å²) in [6.45, 7) is 8.17. The highest BCUT2D eigenvalue weighted by atomic mass is 16.5. The summed E-state index contributed by atoms with van der Waals surface area (Å²) in [5, 5.41) is 4.02. The van der Waals surface area contributed by atoms with Crippen LogP contribution in [0.25, 0.3) is 0 Å². The molecule has 1 aliphatic carbocycles. The molecular formula is C17H24N2O2. The van der Waals surface area contributed by atoms with Gasteiger partial charge in [-0.2, -0.15) is 0 Å². The lowest BCUT2D eigenvalue weighted by Gasteiger charge is -2.21. The van der Waals surface area contributed by atoms with Crippen molar-refractivity contribution in [2.75, 3.05) is 13.1 Å². The Balaban J connectivity index is 1.65. The molecule has 0 saturated carbocycles. The number of carbonyl (C=O) groups is 1. The molecule has 0 radical (unpaired) electrons. The van der Waals surface area contributed by atoms with Gasteiger partial charge in [0.25, 0.3) is 5.91 Å². The van der Waals surface area contributed by atoms with Gasteiger partial charge in [0.05, 0.1) is 5.69 Å². The van der Waals surface area contributed by atoms with Crippen LogP contribution < -0.4 is 0 Å². The number of fused-ring (bicyclic) bond motifs is 1. The van der Waals surface area contributed by atoms with Crippen molar-refractivity contribution in [3.05, 3.63) is 29.2 Å². The second-order valence-corrected chi connectivity index (χ2v) is 7.00. The minimum atomic E-state index is 0.00422. The van der Waals surface area contributed by atoms with Crippen LogP contribution in [0.1, 0.15) is 49.9 Å². The van der Waals surface area contributed by atoms with Crippen LogP contribution in [0, 0.1) is 17.8 Å². The minimum absolute atomic E-state index is 0.00422. The van der Waals surface area contributed by atoms with Gasteiger partial charge in [0.1, 0.15) is 0 Å². The number of likely N-dealkylation sites (tertiary alicyclic amines) is 1. The lowest BCUT2D eigenvalue weighted by atomic mass is 9.83. The fraction of sp³-hybridized carbons (Fsp3) is 0.647. The fourth-order valence-corrected chi connectivity index (χ4v) is 3.54. The predicted octanol–water partition coefficient (Wildman–Crippen LogP) is 3.30. The molecule has 2 aliphatic rings. The average Bonchev–Trinajstić information content (AvgIpc) is 3.03. The molecule has 114 valence electrons. The Morgan fingerprint density at radius 1 is 1.43 bits per heavy atom. The van der Waals surface area contributed by atoms with Gasteiger partial charge in [-0.15, -0.1) is 0 Å². The Bertz CT molecular complexity index is 559. The molecule has 4 heteroatoms. The van der Waals surface area contributed by atoms with Gasteiger partial charge in [0.15, 0.2) is 0 Å². The van der Waals surface area contributed by atoms with Crippen LogP contribution >= 0.6 is 0 Å². The van der Waals surface area contributed by atoms with Crippen molar-refractivity contribution >= 4 is 5.91 Å². The van der Waals surface area contributed by atoms with E-state index in [1.54, 1.807) is 0 Å². The number of aromatic nitrogens is 1. The van der Waals surface area contributed by atoms with Crippen molar-refractivity contribution in [3.8, 4) is 0 Å². The van der Waals surface area contributed by atoms with Crippen LogP contribution in [0.2, 0.25) is 0 Å². The SMILES string of the molecule is CC1=CC[C@H]2CN(C(=O)c3cc(CC(C)C)no3)C[C@H]2C1. The first-order chi connectivity index (χ1) is 10.0. The Kier molecular flexibility index (Phi) is 3.87. The molecule has 3 rings (SSSR count). The summed E-state index contributed by atoms with van der Waals surface area (Å²) in [6, 6.07) is 1.81. The van der Waals surface area contributed by atoms with E-state index in [1.165, 1.54) is 5.57 Å². The highest BCUT2D eigenvalue weighted by molar-refractivity contribution is 5.91. The molecule has 1 saturated heterocycles. The normalized spacial score (nSPS) is 25.1. The quantitative estimate of drug-likeness (QED) is 0.802. The van der Waals surface area contributed by atoms with Crippen molar-refractivity contribution in [2.45, 2.75) is 40.0 Å². The van der Waals surface area contributed by atoms with Crippen molar-refractivity contribution in [3.63, 3.8) is 0 Å². The third-order valence-corrected chi connectivity index (χ3v) is 4.60. The largest absolute Gasteiger partial charge is 0.351 e. The van der Waals surface area contributed by atoms with Gasteiger partial charge in [-0.1, -0.05) is 30.7 Å². The van der Waals surface area contributed by atoms with Crippen molar-refractivity contribution in [1.82, 2.24) is 10.1 Å². The molecule has 0 aromatic carbocycles. The molecule has 4 nitrogen and oxygen atoms in total. The Morgan fingerprint density at radius 2 is 2.19 bits per heavy atom. The lowest BCUT2D eigenvalue weighted by molar-refractivity contribution is 0.0742. The fourth-order valence-electron chi connectivity index (χ4n) is 3.54. The molecule has 2 atom stereocenters. The number of amides is 1. The molecular weight excluding hydrogens is 264 g/mol. The molecule has 21 heavy (non-hydrogen) atoms. The lowest BCUT2D eigenvalue weighted by Crippen LogP contribution is -2.28. The molecule has 1 aromatic heterocycles. The van der Waals surface area contributed by atoms with Crippen LogP contribution in [0.15, 0.2) is 22.2 Å². The van der Waals surface area contributed by atoms with Gasteiger partial charge >= 0.3 is 0 Å². The smallest absolute Gasteiger partial charge is 0.292 e. The summed E-state index contributed by atoms with van der Waals surface area (Å²) in [5.74, 6) is 2.16. The van der Waals surface area contributed by atoms with Crippen molar-refractivity contribution in [1.29, 1.82) is 0 Å². The van der Waals surface area contributed by atoms with E-state index >= 15 is 0 Å². The van der Waals surface area contributed by atoms with E-state index in [1.807, 2.05) is 11.0 Å². The van der Waals surface area contributed by atoms with E-state index in [4.69, 9.17) is 4.52 Å². The topological polar surface area (TPSA) is 46.3 Å². The van der Waals surface area contributed by atoms with E-state index in [9.17, 15) is 4.79 Å². The third-order valence-electron chi connectivity index (χ3n) is 4.60. The van der Waals surface area contributed by atoms with Crippen LogP contribution in [0.4, 0.5) is 0 Å². The first kappa shape index (κ1) is 14.4. The summed E-state index contributed by atoms with van der Waals surface area (Å²) in [4.78, 5) is 14.5. The zero-order valence-electron chi connectivity index (χ0n) is 13.1. The maximum Gasteiger partial charge on any atom is 0.292 e. The first-order valence-electron chi connectivity index (χ1n) is 7.93. The third kappa shape index (κ3) is 3.04. The predicted molar refractivity (Wildman–Crippen MR) is 80.9 cm³/mol. The summed E-state index contributed by atoms with van der Waals surface area (Å²) in [5.41, 5.74) is 2.34. The number of allylic oxidation sites excluding steroid dienone is 2. The molecule has 0 bridgehead atoms. The number of rotatable bonds is 3. The maximum atomic E-state index is 12.5. The molecule has 1 amide bonds. The van der Waals surface area contributed by atoms with Gasteiger partial charge in [-0.05, 0) is 43.9 Å². The van der Waals surface area contributed by atoms with Gasteiger partial charge in [0, 0.05) is 19.2 Å². The minimum Gasteiger partial charge on any atom is -0.351 e. The summed E-state index contributed by atoms with van der Waals surface area (Å²) >= 11 is 0. The van der Waals surface area contributed by atoms with Crippen LogP contribution in [-0.4, -0.2) is 29.1 Å². The molecule has 2 heterocycles. The van der Waals surface area contributed by atoms with Crippen LogP contribution in [-0.2, 0) is 6.42 Å². The Morgan fingerprint density at radius 3 is 2.95 bits per heavy atom. The zero-order valence-corrected chi connectivity index (χ0v) is 13.1. The Hall–Kier alpha value is -1.58. The van der Waals surface area contributed by atoms with Crippen LogP contribution in [0.5, 0.6) is 0 Å². The van der Waals surface area contributed by atoms with E-state index in [0.29, 0.717) is 23.5 Å². The zero-order chi connectivity index (χ0) is 15.0. The van der Waals surface area contributed by atoms with E-state index < -0.39 is 0 Å². The number of carbonyl (C=O) groups excluding carboxylic acids is 1. The van der Waals surface area contributed by atoms with Crippen molar-refractivity contribution in [2.24, 2.45) is 17.8 Å². The van der Waals surface area contributed by atoms with Crippen LogP contribution in [0.3, 0.4) is 0 Å². The highest BCUT2D eigenvalue weighted by Crippen LogP contribution is 2.36. The van der Waals surface area contributed by atoms with Gasteiger partial charge in [0.2, 0.25) is 5.76 Å². The second kappa shape index (κ2) is 5.66. The van der Waals surface area contributed by atoms with E-state index in [0.717, 1.165) is 38.0 Å². The summed E-state index contributed by atoms with van der Waals surface area (Å²) in [6.07, 6.45) is 5.41. The average molecular weight is 288 g/mol. The second-order valence-electron chi connectivity index (χ2n) is 7.00. The van der Waals surface area contributed by atoms with E-state index in [2.05, 4.69) is 32.0 Å². The molecule has 1 aliphatic heterocycles.